The van der Waals surface area contributed by atoms with Crippen molar-refractivity contribution in [1.29, 1.82) is 0 Å². The zero-order valence-corrected chi connectivity index (χ0v) is 17.1. The monoisotopic (exact) mass is 415 g/mol. The third kappa shape index (κ3) is 5.17. The third-order valence-corrected chi connectivity index (χ3v) is 4.77. The van der Waals surface area contributed by atoms with Crippen molar-refractivity contribution in [3.63, 3.8) is 0 Å². The van der Waals surface area contributed by atoms with Crippen molar-refractivity contribution >= 4 is 23.4 Å². The van der Waals surface area contributed by atoms with Gasteiger partial charge in [-0.05, 0) is 53.7 Å². The van der Waals surface area contributed by atoms with Gasteiger partial charge in [0.1, 0.15) is 17.2 Å². The number of amides is 1. The molecule has 0 aliphatic heterocycles. The lowest BCUT2D eigenvalue weighted by atomic mass is 10.2. The summed E-state index contributed by atoms with van der Waals surface area (Å²) in [6, 6.07) is 12.6. The number of rotatable bonds is 9. The van der Waals surface area contributed by atoms with Gasteiger partial charge in [0, 0.05) is 6.07 Å². The Morgan fingerprint density at radius 3 is 2.55 bits per heavy atom. The summed E-state index contributed by atoms with van der Waals surface area (Å²) >= 11 is 1.23. The number of nitrogens with one attached hydrogen (secondary N) is 1. The van der Waals surface area contributed by atoms with Gasteiger partial charge < -0.3 is 19.5 Å². The van der Waals surface area contributed by atoms with E-state index >= 15 is 0 Å². The number of tetrazole rings is 1. The summed E-state index contributed by atoms with van der Waals surface area (Å²) in [4.78, 5) is 12.4. The molecule has 10 heteroatoms. The SMILES string of the molecule is CCOc1ccc(-n2nnnc2SCC(=O)Nc2ccc(OC)cc2OC)cc1. The molecule has 3 rings (SSSR count). The molecule has 0 spiro atoms. The van der Waals surface area contributed by atoms with Gasteiger partial charge in [-0.3, -0.25) is 4.79 Å². The van der Waals surface area contributed by atoms with Crippen molar-refractivity contribution in [2.45, 2.75) is 12.1 Å². The highest BCUT2D eigenvalue weighted by Crippen LogP contribution is 2.29. The molecule has 0 radical (unpaired) electrons. The van der Waals surface area contributed by atoms with Crippen molar-refractivity contribution < 1.29 is 19.0 Å². The van der Waals surface area contributed by atoms with Gasteiger partial charge in [0.15, 0.2) is 0 Å². The van der Waals surface area contributed by atoms with Crippen LogP contribution in [0.1, 0.15) is 6.92 Å². The lowest BCUT2D eigenvalue weighted by Gasteiger charge is -2.11. The third-order valence-electron chi connectivity index (χ3n) is 3.85. The summed E-state index contributed by atoms with van der Waals surface area (Å²) in [5.41, 5.74) is 1.34. The average Bonchev–Trinajstić information content (AvgIpc) is 3.22. The fraction of sp³-hybridized carbons (Fsp3) is 0.263. The molecule has 29 heavy (non-hydrogen) atoms. The average molecular weight is 415 g/mol. The molecule has 1 amide bonds. The fourth-order valence-corrected chi connectivity index (χ4v) is 3.19. The topological polar surface area (TPSA) is 100 Å². The Morgan fingerprint density at radius 1 is 1.10 bits per heavy atom. The van der Waals surface area contributed by atoms with Gasteiger partial charge in [0.2, 0.25) is 11.1 Å². The number of hydrogen-bond acceptors (Lipinski definition) is 8. The summed E-state index contributed by atoms with van der Waals surface area (Å²) < 4.78 is 17.5. The highest BCUT2D eigenvalue weighted by atomic mass is 32.2. The normalized spacial score (nSPS) is 10.4. The molecule has 2 aromatic carbocycles. The Balaban J connectivity index is 1.64. The standard InChI is InChI=1S/C19H21N5O4S/c1-4-28-14-7-5-13(6-8-14)24-19(21-22-23-24)29-12-18(25)20-16-10-9-15(26-2)11-17(16)27-3/h5-11H,4,12H2,1-3H3,(H,20,25). The van der Waals surface area contributed by atoms with Crippen LogP contribution in [0.5, 0.6) is 17.2 Å². The number of benzene rings is 2. The Kier molecular flexibility index (Phi) is 6.90. The van der Waals surface area contributed by atoms with Gasteiger partial charge in [-0.2, -0.15) is 4.68 Å². The van der Waals surface area contributed by atoms with Gasteiger partial charge in [-0.15, -0.1) is 5.10 Å². The number of thioether (sulfide) groups is 1. The largest absolute Gasteiger partial charge is 0.497 e. The first-order valence-electron chi connectivity index (χ1n) is 8.81. The Labute approximate surface area is 172 Å². The second kappa shape index (κ2) is 9.78. The number of anilines is 1. The van der Waals surface area contributed by atoms with Gasteiger partial charge in [-0.1, -0.05) is 11.8 Å². The lowest BCUT2D eigenvalue weighted by molar-refractivity contribution is -0.113. The lowest BCUT2D eigenvalue weighted by Crippen LogP contribution is -2.15. The maximum atomic E-state index is 12.4. The zero-order valence-electron chi connectivity index (χ0n) is 16.3. The van der Waals surface area contributed by atoms with Crippen LogP contribution in [0, 0.1) is 0 Å². The molecule has 0 saturated heterocycles. The van der Waals surface area contributed by atoms with E-state index in [1.54, 1.807) is 30.0 Å². The van der Waals surface area contributed by atoms with Crippen molar-refractivity contribution in [3.05, 3.63) is 42.5 Å². The molecule has 0 unspecified atom stereocenters. The van der Waals surface area contributed by atoms with Gasteiger partial charge >= 0.3 is 0 Å². The minimum atomic E-state index is -0.209. The maximum absolute atomic E-state index is 12.4. The van der Waals surface area contributed by atoms with Gasteiger partial charge in [0.05, 0.1) is 38.0 Å². The first-order chi connectivity index (χ1) is 14.1. The van der Waals surface area contributed by atoms with Crippen LogP contribution in [-0.4, -0.2) is 52.7 Å². The molecule has 0 aliphatic rings. The van der Waals surface area contributed by atoms with Crippen LogP contribution in [0.4, 0.5) is 5.69 Å². The van der Waals surface area contributed by atoms with Gasteiger partial charge in [-0.25, -0.2) is 0 Å². The van der Waals surface area contributed by atoms with Crippen molar-refractivity contribution in [1.82, 2.24) is 20.2 Å². The van der Waals surface area contributed by atoms with E-state index in [4.69, 9.17) is 14.2 Å². The van der Waals surface area contributed by atoms with Crippen LogP contribution >= 0.6 is 11.8 Å². The van der Waals surface area contributed by atoms with E-state index in [0.29, 0.717) is 28.9 Å². The summed E-state index contributed by atoms with van der Waals surface area (Å²) in [7, 11) is 3.10. The molecule has 3 aromatic rings. The van der Waals surface area contributed by atoms with E-state index in [1.807, 2.05) is 31.2 Å². The highest BCUT2D eigenvalue weighted by Gasteiger charge is 2.14. The first-order valence-corrected chi connectivity index (χ1v) is 9.79. The van der Waals surface area contributed by atoms with E-state index in [9.17, 15) is 4.79 Å². The molecule has 1 N–H and O–H groups in total. The predicted octanol–water partition coefficient (Wildman–Crippen LogP) is 2.81. The quantitative estimate of drug-likeness (QED) is 0.533. The number of ether oxygens (including phenoxy) is 3. The summed E-state index contributed by atoms with van der Waals surface area (Å²) in [5.74, 6) is 1.85. The van der Waals surface area contributed by atoms with Crippen LogP contribution < -0.4 is 19.5 Å². The maximum Gasteiger partial charge on any atom is 0.234 e. The number of aromatic nitrogens is 4. The molecule has 0 fully saturated rings. The van der Waals surface area contributed by atoms with Crippen LogP contribution in [0.15, 0.2) is 47.6 Å². The van der Waals surface area contributed by atoms with Crippen molar-refractivity contribution in [2.24, 2.45) is 0 Å². The summed E-state index contributed by atoms with van der Waals surface area (Å²) in [6.07, 6.45) is 0. The van der Waals surface area contributed by atoms with E-state index in [2.05, 4.69) is 20.8 Å². The van der Waals surface area contributed by atoms with Crippen LogP contribution in [-0.2, 0) is 4.79 Å². The van der Waals surface area contributed by atoms with Crippen molar-refractivity contribution in [2.75, 3.05) is 31.9 Å². The van der Waals surface area contributed by atoms with Crippen LogP contribution in [0.25, 0.3) is 5.69 Å². The van der Waals surface area contributed by atoms with E-state index < -0.39 is 0 Å². The van der Waals surface area contributed by atoms with Crippen LogP contribution in [0.2, 0.25) is 0 Å². The smallest absolute Gasteiger partial charge is 0.234 e. The molecule has 1 aromatic heterocycles. The molecule has 1 heterocycles. The predicted molar refractivity (Wildman–Crippen MR) is 109 cm³/mol. The first kappa shape index (κ1) is 20.5. The van der Waals surface area contributed by atoms with Crippen molar-refractivity contribution in [3.8, 4) is 22.9 Å². The summed E-state index contributed by atoms with van der Waals surface area (Å²) in [5, 5.41) is 15.0. The molecule has 0 bridgehead atoms. The molecule has 0 aliphatic carbocycles. The van der Waals surface area contributed by atoms with E-state index in [0.717, 1.165) is 11.4 Å². The molecule has 0 atom stereocenters. The second-order valence-electron chi connectivity index (χ2n) is 5.70. The molecule has 9 nitrogen and oxygen atoms in total. The zero-order chi connectivity index (χ0) is 20.6. The number of carbonyl (C=O) groups is 1. The number of methoxy groups -OCH3 is 2. The number of hydrogen-bond donors (Lipinski definition) is 1. The fourth-order valence-electron chi connectivity index (χ4n) is 2.50. The highest BCUT2D eigenvalue weighted by molar-refractivity contribution is 7.99. The molecule has 152 valence electrons. The number of carbonyl (C=O) groups excluding carboxylic acids is 1. The molecular weight excluding hydrogens is 394 g/mol. The van der Waals surface area contributed by atoms with E-state index in [1.165, 1.54) is 18.9 Å². The second-order valence-corrected chi connectivity index (χ2v) is 6.65. The van der Waals surface area contributed by atoms with Gasteiger partial charge in [0.25, 0.3) is 0 Å². The molecular formula is C19H21N5O4S. The Morgan fingerprint density at radius 2 is 1.86 bits per heavy atom. The minimum absolute atomic E-state index is 0.132. The molecule has 0 saturated carbocycles. The number of nitrogens with zero attached hydrogens (tertiary/aromatic N) is 4. The Bertz CT molecular complexity index is 961. The van der Waals surface area contributed by atoms with Crippen LogP contribution in [0.3, 0.4) is 0 Å². The Hall–Kier alpha value is -3.27. The minimum Gasteiger partial charge on any atom is -0.497 e. The van der Waals surface area contributed by atoms with E-state index in [-0.39, 0.29) is 11.7 Å². The summed E-state index contributed by atoms with van der Waals surface area (Å²) in [6.45, 7) is 2.52.